The Hall–Kier alpha value is -1.30. The minimum Gasteiger partial charge on any atom is -0.487 e. The predicted molar refractivity (Wildman–Crippen MR) is 75.1 cm³/mol. The Labute approximate surface area is 114 Å². The summed E-state index contributed by atoms with van der Waals surface area (Å²) in [5.41, 5.74) is 0.674. The highest BCUT2D eigenvalue weighted by molar-refractivity contribution is 7.92. The maximum absolute atomic E-state index is 11.4. The molecule has 0 bridgehead atoms. The maximum Gasteiger partial charge on any atom is 0.231 e. The molecule has 1 heterocycles. The molecule has 1 N–H and O–H groups in total. The standard InChI is InChI=1S/C13H20N2O3S/c1-13(2,3)11-8-7-10(18-9-5-6-9)12(14-11)15-19(4,16)17/h7-9H,5-6H2,1-4H3,(H,14,15). The third-order valence-electron chi connectivity index (χ3n) is 2.73. The van der Waals surface area contributed by atoms with Crippen molar-refractivity contribution in [1.82, 2.24) is 4.98 Å². The normalized spacial score (nSPS) is 16.2. The van der Waals surface area contributed by atoms with Gasteiger partial charge in [0.25, 0.3) is 0 Å². The molecule has 2 rings (SSSR count). The SMILES string of the molecule is CC(C)(C)c1ccc(OC2CC2)c(NS(C)(=O)=O)n1. The van der Waals surface area contributed by atoms with E-state index in [0.717, 1.165) is 24.8 Å². The van der Waals surface area contributed by atoms with E-state index in [2.05, 4.69) is 9.71 Å². The highest BCUT2D eigenvalue weighted by atomic mass is 32.2. The number of pyridine rings is 1. The largest absolute Gasteiger partial charge is 0.487 e. The molecule has 1 aliphatic carbocycles. The first-order valence-corrected chi connectivity index (χ1v) is 8.20. The van der Waals surface area contributed by atoms with Gasteiger partial charge in [0.2, 0.25) is 10.0 Å². The van der Waals surface area contributed by atoms with Crippen LogP contribution in [0.5, 0.6) is 5.75 Å². The van der Waals surface area contributed by atoms with Crippen molar-refractivity contribution < 1.29 is 13.2 Å². The number of nitrogens with one attached hydrogen (secondary N) is 1. The Morgan fingerprint density at radius 1 is 1.32 bits per heavy atom. The molecule has 0 saturated heterocycles. The van der Waals surface area contributed by atoms with E-state index in [1.165, 1.54) is 0 Å². The molecule has 106 valence electrons. The molecule has 0 radical (unpaired) electrons. The highest BCUT2D eigenvalue weighted by Gasteiger charge is 2.26. The monoisotopic (exact) mass is 284 g/mol. The van der Waals surface area contributed by atoms with Crippen molar-refractivity contribution in [1.29, 1.82) is 0 Å². The second kappa shape index (κ2) is 4.67. The molecule has 19 heavy (non-hydrogen) atoms. The molecule has 0 atom stereocenters. The molecular formula is C13H20N2O3S. The van der Waals surface area contributed by atoms with Gasteiger partial charge in [-0.2, -0.15) is 0 Å². The fraction of sp³-hybridized carbons (Fsp3) is 0.615. The number of aromatic nitrogens is 1. The number of anilines is 1. The molecule has 1 aliphatic rings. The van der Waals surface area contributed by atoms with Gasteiger partial charge >= 0.3 is 0 Å². The first-order chi connectivity index (χ1) is 8.65. The van der Waals surface area contributed by atoms with Gasteiger partial charge in [0.15, 0.2) is 11.6 Å². The zero-order valence-electron chi connectivity index (χ0n) is 11.7. The lowest BCUT2D eigenvalue weighted by Gasteiger charge is -2.20. The van der Waals surface area contributed by atoms with Crippen LogP contribution < -0.4 is 9.46 Å². The summed E-state index contributed by atoms with van der Waals surface area (Å²) in [7, 11) is -3.37. The number of hydrogen-bond donors (Lipinski definition) is 1. The molecule has 1 aromatic heterocycles. The van der Waals surface area contributed by atoms with Crippen LogP contribution in [-0.2, 0) is 15.4 Å². The Morgan fingerprint density at radius 2 is 1.95 bits per heavy atom. The molecule has 0 amide bonds. The van der Waals surface area contributed by atoms with Crippen molar-refractivity contribution in [2.45, 2.75) is 45.1 Å². The summed E-state index contributed by atoms with van der Waals surface area (Å²) in [6, 6.07) is 3.67. The molecule has 1 aromatic rings. The third-order valence-corrected chi connectivity index (χ3v) is 3.29. The van der Waals surface area contributed by atoms with Crippen molar-refractivity contribution in [3.05, 3.63) is 17.8 Å². The lowest BCUT2D eigenvalue weighted by molar-refractivity contribution is 0.303. The van der Waals surface area contributed by atoms with E-state index in [-0.39, 0.29) is 17.3 Å². The predicted octanol–water partition coefficient (Wildman–Crippen LogP) is 2.29. The highest BCUT2D eigenvalue weighted by Crippen LogP contribution is 2.33. The summed E-state index contributed by atoms with van der Waals surface area (Å²) >= 11 is 0. The van der Waals surface area contributed by atoms with Crippen LogP contribution in [-0.4, -0.2) is 25.8 Å². The van der Waals surface area contributed by atoms with Gasteiger partial charge < -0.3 is 4.74 Å². The number of rotatable bonds is 4. The van der Waals surface area contributed by atoms with E-state index in [9.17, 15) is 8.42 Å². The van der Waals surface area contributed by atoms with Gasteiger partial charge in [-0.1, -0.05) is 20.8 Å². The zero-order valence-corrected chi connectivity index (χ0v) is 12.5. The summed E-state index contributed by atoms with van der Waals surface area (Å²) in [6.07, 6.45) is 3.33. The average molecular weight is 284 g/mol. The summed E-state index contributed by atoms with van der Waals surface area (Å²) in [5, 5.41) is 0. The van der Waals surface area contributed by atoms with Crippen molar-refractivity contribution >= 4 is 15.8 Å². The van der Waals surface area contributed by atoms with Gasteiger partial charge in [0.05, 0.1) is 12.4 Å². The molecule has 5 nitrogen and oxygen atoms in total. The van der Waals surface area contributed by atoms with E-state index >= 15 is 0 Å². The Balaban J connectivity index is 2.37. The van der Waals surface area contributed by atoms with E-state index in [4.69, 9.17) is 4.74 Å². The quantitative estimate of drug-likeness (QED) is 0.921. The Morgan fingerprint density at radius 3 is 2.42 bits per heavy atom. The minimum atomic E-state index is -3.37. The van der Waals surface area contributed by atoms with Crippen LogP contribution in [0.3, 0.4) is 0 Å². The fourth-order valence-electron chi connectivity index (χ4n) is 1.57. The molecule has 0 aliphatic heterocycles. The van der Waals surface area contributed by atoms with Gasteiger partial charge in [-0.15, -0.1) is 0 Å². The third kappa shape index (κ3) is 4.09. The molecule has 0 spiro atoms. The van der Waals surface area contributed by atoms with Crippen LogP contribution >= 0.6 is 0 Å². The van der Waals surface area contributed by atoms with Crippen LogP contribution in [0, 0.1) is 0 Å². The molecule has 0 aromatic carbocycles. The molecule has 1 fully saturated rings. The van der Waals surface area contributed by atoms with Gasteiger partial charge in [-0.25, -0.2) is 13.4 Å². The first kappa shape index (κ1) is 14.1. The summed E-state index contributed by atoms with van der Waals surface area (Å²) in [4.78, 5) is 4.39. The number of nitrogens with zero attached hydrogens (tertiary/aromatic N) is 1. The second-order valence-corrected chi connectivity index (χ2v) is 7.73. The first-order valence-electron chi connectivity index (χ1n) is 6.31. The van der Waals surface area contributed by atoms with Gasteiger partial charge in [0, 0.05) is 11.1 Å². The van der Waals surface area contributed by atoms with Crippen LogP contribution in [0.2, 0.25) is 0 Å². The second-order valence-electron chi connectivity index (χ2n) is 5.98. The minimum absolute atomic E-state index is 0.147. The zero-order chi connectivity index (χ0) is 14.3. The summed E-state index contributed by atoms with van der Waals surface area (Å²) in [6.45, 7) is 6.09. The lowest BCUT2D eigenvalue weighted by atomic mass is 9.92. The fourth-order valence-corrected chi connectivity index (χ4v) is 2.07. The Kier molecular flexibility index (Phi) is 3.47. The van der Waals surface area contributed by atoms with Crippen molar-refractivity contribution in [3.8, 4) is 5.75 Å². The van der Waals surface area contributed by atoms with Gasteiger partial charge in [-0.3, -0.25) is 4.72 Å². The number of ether oxygens (including phenoxy) is 1. The lowest BCUT2D eigenvalue weighted by Crippen LogP contribution is -2.18. The van der Waals surface area contributed by atoms with Crippen LogP contribution in [0.4, 0.5) is 5.82 Å². The van der Waals surface area contributed by atoms with Crippen LogP contribution in [0.1, 0.15) is 39.3 Å². The summed E-state index contributed by atoms with van der Waals surface area (Å²) in [5.74, 6) is 0.780. The van der Waals surface area contributed by atoms with Gasteiger partial charge in [-0.05, 0) is 25.0 Å². The number of sulfonamides is 1. The van der Waals surface area contributed by atoms with E-state index in [1.54, 1.807) is 6.07 Å². The molecule has 0 unspecified atom stereocenters. The van der Waals surface area contributed by atoms with E-state index in [0.29, 0.717) is 5.75 Å². The van der Waals surface area contributed by atoms with Gasteiger partial charge in [0.1, 0.15) is 0 Å². The Bertz CT molecular complexity index is 572. The smallest absolute Gasteiger partial charge is 0.231 e. The van der Waals surface area contributed by atoms with E-state index < -0.39 is 10.0 Å². The maximum atomic E-state index is 11.4. The van der Waals surface area contributed by atoms with Crippen LogP contribution in [0.15, 0.2) is 12.1 Å². The van der Waals surface area contributed by atoms with Crippen molar-refractivity contribution in [2.75, 3.05) is 11.0 Å². The van der Waals surface area contributed by atoms with Crippen molar-refractivity contribution in [2.24, 2.45) is 0 Å². The molecule has 1 saturated carbocycles. The molecule has 6 heteroatoms. The topological polar surface area (TPSA) is 68.3 Å². The average Bonchev–Trinajstić information content (AvgIpc) is 3.00. The molecular weight excluding hydrogens is 264 g/mol. The number of hydrogen-bond acceptors (Lipinski definition) is 4. The van der Waals surface area contributed by atoms with E-state index in [1.807, 2.05) is 26.8 Å². The summed E-state index contributed by atoms with van der Waals surface area (Å²) < 4.78 is 30.9. The van der Waals surface area contributed by atoms with Crippen molar-refractivity contribution in [3.63, 3.8) is 0 Å². The van der Waals surface area contributed by atoms with Crippen LogP contribution in [0.25, 0.3) is 0 Å².